The van der Waals surface area contributed by atoms with E-state index in [0.717, 1.165) is 18.3 Å². The summed E-state index contributed by atoms with van der Waals surface area (Å²) in [5, 5.41) is 5.98. The first-order chi connectivity index (χ1) is 13.9. The molecule has 3 N–H and O–H groups in total. The van der Waals surface area contributed by atoms with Crippen LogP contribution in [0.2, 0.25) is 0 Å². The number of hydrogen-bond donors (Lipinski definition) is 2. The van der Waals surface area contributed by atoms with Gasteiger partial charge in [0.1, 0.15) is 11.4 Å². The summed E-state index contributed by atoms with van der Waals surface area (Å²) in [6.07, 6.45) is 0.973. The maximum absolute atomic E-state index is 14.8. The summed E-state index contributed by atoms with van der Waals surface area (Å²) in [4.78, 5) is 30.7. The van der Waals surface area contributed by atoms with Gasteiger partial charge in [0.15, 0.2) is 11.7 Å². The van der Waals surface area contributed by atoms with Crippen LogP contribution in [0.25, 0.3) is 0 Å². The fraction of sp³-hybridized carbons (Fsp3) is 0.368. The van der Waals surface area contributed by atoms with E-state index >= 15 is 0 Å². The van der Waals surface area contributed by atoms with Crippen LogP contribution in [-0.4, -0.2) is 39.5 Å². The SMILES string of the molecule is CN1C(=O)C(C)(C)C(C)(c2cc(NC(=O)c3ccn(C(F)F)n3)ccc2F)N=C1N. The van der Waals surface area contributed by atoms with Gasteiger partial charge in [-0.3, -0.25) is 14.5 Å². The number of nitrogens with two attached hydrogens (primary N) is 1. The molecular weight excluding hydrogens is 401 g/mol. The van der Waals surface area contributed by atoms with Crippen molar-refractivity contribution in [2.24, 2.45) is 16.1 Å². The third kappa shape index (κ3) is 3.29. The summed E-state index contributed by atoms with van der Waals surface area (Å²) >= 11 is 0. The van der Waals surface area contributed by atoms with Crippen molar-refractivity contribution < 1.29 is 22.8 Å². The van der Waals surface area contributed by atoms with Gasteiger partial charge in [-0.1, -0.05) is 0 Å². The predicted octanol–water partition coefficient (Wildman–Crippen LogP) is 2.70. The van der Waals surface area contributed by atoms with E-state index in [2.05, 4.69) is 15.4 Å². The molecule has 160 valence electrons. The quantitative estimate of drug-likeness (QED) is 0.790. The van der Waals surface area contributed by atoms with Crippen LogP contribution >= 0.6 is 0 Å². The lowest BCUT2D eigenvalue weighted by molar-refractivity contribution is -0.140. The molecular formula is C19H21F3N6O2. The zero-order valence-corrected chi connectivity index (χ0v) is 16.8. The average Bonchev–Trinajstić information content (AvgIpc) is 3.17. The summed E-state index contributed by atoms with van der Waals surface area (Å²) in [6, 6.07) is 4.91. The van der Waals surface area contributed by atoms with Gasteiger partial charge in [-0.2, -0.15) is 13.9 Å². The lowest BCUT2D eigenvalue weighted by Gasteiger charge is -2.46. The normalized spacial score (nSPS) is 21.0. The minimum absolute atomic E-state index is 0.0489. The van der Waals surface area contributed by atoms with Crippen molar-refractivity contribution in [3.63, 3.8) is 0 Å². The molecule has 2 amide bonds. The standard InChI is InChI=1S/C19H21F3N6O2/c1-18(2)15(30)27(4)17(23)25-19(18,3)11-9-10(5-6-12(11)20)24-14(29)13-7-8-28(26-13)16(21)22/h5-9,16H,1-4H3,(H2,23,25)(H,24,29). The van der Waals surface area contributed by atoms with Gasteiger partial charge >= 0.3 is 6.55 Å². The Hall–Kier alpha value is -3.37. The molecule has 1 aromatic carbocycles. The van der Waals surface area contributed by atoms with E-state index in [-0.39, 0.29) is 28.8 Å². The Morgan fingerprint density at radius 1 is 1.23 bits per heavy atom. The van der Waals surface area contributed by atoms with E-state index in [9.17, 15) is 22.8 Å². The highest BCUT2D eigenvalue weighted by atomic mass is 19.3. The molecule has 0 saturated carbocycles. The number of anilines is 1. The van der Waals surface area contributed by atoms with Crippen molar-refractivity contribution in [1.29, 1.82) is 0 Å². The highest BCUT2D eigenvalue weighted by Crippen LogP contribution is 2.47. The number of aromatic nitrogens is 2. The fourth-order valence-electron chi connectivity index (χ4n) is 3.31. The Bertz CT molecular complexity index is 1050. The number of aliphatic imine (C=N–C) groups is 1. The Kier molecular flexibility index (Phi) is 5.09. The number of benzene rings is 1. The largest absolute Gasteiger partial charge is 0.369 e. The summed E-state index contributed by atoms with van der Waals surface area (Å²) in [6.45, 7) is 1.96. The second-order valence-corrected chi connectivity index (χ2v) is 7.64. The van der Waals surface area contributed by atoms with E-state index in [4.69, 9.17) is 5.73 Å². The van der Waals surface area contributed by atoms with Crippen molar-refractivity contribution in [1.82, 2.24) is 14.7 Å². The summed E-state index contributed by atoms with van der Waals surface area (Å²) < 4.78 is 40.4. The Balaban J connectivity index is 1.99. The molecule has 1 aromatic heterocycles. The molecule has 1 aliphatic heterocycles. The van der Waals surface area contributed by atoms with Gasteiger partial charge in [0, 0.05) is 24.5 Å². The van der Waals surface area contributed by atoms with Crippen LogP contribution in [0.1, 0.15) is 43.4 Å². The van der Waals surface area contributed by atoms with Gasteiger partial charge in [-0.05, 0) is 45.0 Å². The van der Waals surface area contributed by atoms with E-state index in [1.165, 1.54) is 24.1 Å². The molecule has 3 rings (SSSR count). The van der Waals surface area contributed by atoms with E-state index in [1.807, 2.05) is 0 Å². The number of nitrogens with one attached hydrogen (secondary N) is 1. The summed E-state index contributed by atoms with van der Waals surface area (Å²) in [5.74, 6) is -1.80. The summed E-state index contributed by atoms with van der Waals surface area (Å²) in [5.41, 5.74) is 3.36. The average molecular weight is 422 g/mol. The van der Waals surface area contributed by atoms with E-state index in [1.54, 1.807) is 20.8 Å². The van der Waals surface area contributed by atoms with Crippen molar-refractivity contribution in [3.05, 3.63) is 47.5 Å². The lowest BCUT2D eigenvalue weighted by Crippen LogP contribution is -2.58. The van der Waals surface area contributed by atoms with Crippen LogP contribution in [0.3, 0.4) is 0 Å². The smallest absolute Gasteiger partial charge is 0.333 e. The summed E-state index contributed by atoms with van der Waals surface area (Å²) in [7, 11) is 1.48. The number of rotatable bonds is 4. The molecule has 2 heterocycles. The van der Waals surface area contributed by atoms with Crippen molar-refractivity contribution in [2.45, 2.75) is 32.9 Å². The van der Waals surface area contributed by atoms with Gasteiger partial charge in [-0.15, -0.1) is 0 Å². The maximum atomic E-state index is 14.8. The molecule has 8 nitrogen and oxygen atoms in total. The van der Waals surface area contributed by atoms with Crippen molar-refractivity contribution in [3.8, 4) is 0 Å². The third-order valence-electron chi connectivity index (χ3n) is 5.53. The zero-order chi connectivity index (χ0) is 22.4. The highest BCUT2D eigenvalue weighted by molar-refractivity contribution is 6.03. The van der Waals surface area contributed by atoms with Crippen LogP contribution in [-0.2, 0) is 10.3 Å². The molecule has 30 heavy (non-hydrogen) atoms. The van der Waals surface area contributed by atoms with E-state index in [0.29, 0.717) is 4.68 Å². The predicted molar refractivity (Wildman–Crippen MR) is 103 cm³/mol. The number of alkyl halides is 2. The molecule has 0 radical (unpaired) electrons. The number of hydrogen-bond acceptors (Lipinski definition) is 5. The van der Waals surface area contributed by atoms with Crippen LogP contribution in [0, 0.1) is 11.2 Å². The van der Waals surface area contributed by atoms with E-state index < -0.39 is 29.2 Å². The monoisotopic (exact) mass is 422 g/mol. The fourth-order valence-corrected chi connectivity index (χ4v) is 3.31. The minimum Gasteiger partial charge on any atom is -0.369 e. The molecule has 11 heteroatoms. The zero-order valence-electron chi connectivity index (χ0n) is 16.8. The van der Waals surface area contributed by atoms with Crippen molar-refractivity contribution >= 4 is 23.5 Å². The van der Waals surface area contributed by atoms with Crippen LogP contribution in [0.5, 0.6) is 0 Å². The minimum atomic E-state index is -2.88. The second-order valence-electron chi connectivity index (χ2n) is 7.64. The molecule has 1 unspecified atom stereocenters. The second kappa shape index (κ2) is 7.15. The van der Waals surface area contributed by atoms with Gasteiger partial charge in [0.25, 0.3) is 5.91 Å². The number of guanidine groups is 1. The topological polar surface area (TPSA) is 106 Å². The first kappa shape index (κ1) is 21.3. The van der Waals surface area contributed by atoms with Gasteiger partial charge in [0.2, 0.25) is 5.91 Å². The van der Waals surface area contributed by atoms with Gasteiger partial charge in [0.05, 0.1) is 5.41 Å². The molecule has 0 fully saturated rings. The molecule has 0 bridgehead atoms. The Morgan fingerprint density at radius 3 is 2.50 bits per heavy atom. The van der Waals surface area contributed by atoms with Crippen molar-refractivity contribution in [2.75, 3.05) is 12.4 Å². The lowest BCUT2D eigenvalue weighted by atomic mass is 9.67. The molecule has 0 aliphatic carbocycles. The molecule has 2 aromatic rings. The van der Waals surface area contributed by atoms with Gasteiger partial charge in [-0.25, -0.2) is 14.1 Å². The molecule has 1 atom stereocenters. The number of carbonyl (C=O) groups excluding carboxylic acids is 2. The third-order valence-corrected chi connectivity index (χ3v) is 5.53. The number of amides is 2. The van der Waals surface area contributed by atoms with Crippen LogP contribution < -0.4 is 11.1 Å². The number of nitrogens with zero attached hydrogens (tertiary/aromatic N) is 4. The first-order valence-electron chi connectivity index (χ1n) is 8.96. The maximum Gasteiger partial charge on any atom is 0.333 e. The van der Waals surface area contributed by atoms with Crippen LogP contribution in [0.15, 0.2) is 35.5 Å². The first-order valence-corrected chi connectivity index (χ1v) is 8.96. The molecule has 0 saturated heterocycles. The Morgan fingerprint density at radius 2 is 1.90 bits per heavy atom. The van der Waals surface area contributed by atoms with Gasteiger partial charge < -0.3 is 11.1 Å². The highest BCUT2D eigenvalue weighted by Gasteiger charge is 2.53. The Labute approximate surface area is 170 Å². The van der Waals surface area contributed by atoms with Crippen LogP contribution in [0.4, 0.5) is 18.9 Å². The number of carbonyl (C=O) groups is 2. The molecule has 0 spiro atoms. The number of halogens is 3. The molecule has 1 aliphatic rings.